The van der Waals surface area contributed by atoms with Crippen molar-refractivity contribution < 1.29 is 0 Å². The fourth-order valence-corrected chi connectivity index (χ4v) is 3.60. The van der Waals surface area contributed by atoms with E-state index >= 15 is 0 Å². The molecule has 0 saturated heterocycles. The summed E-state index contributed by atoms with van der Waals surface area (Å²) < 4.78 is 0. The number of benzene rings is 2. The molecule has 0 heterocycles. The van der Waals surface area contributed by atoms with E-state index in [1.807, 2.05) is 0 Å². The first-order valence-corrected chi connectivity index (χ1v) is 10.5. The van der Waals surface area contributed by atoms with E-state index in [0.29, 0.717) is 5.92 Å². The highest BCUT2D eigenvalue weighted by Gasteiger charge is 2.23. The zero-order valence-corrected chi connectivity index (χ0v) is 19.3. The van der Waals surface area contributed by atoms with Gasteiger partial charge < -0.3 is 0 Å². The van der Waals surface area contributed by atoms with Gasteiger partial charge in [0.25, 0.3) is 0 Å². The zero-order chi connectivity index (χ0) is 20.6. The van der Waals surface area contributed by atoms with Crippen LogP contribution < -0.4 is 0 Å². The van der Waals surface area contributed by atoms with Crippen molar-refractivity contribution in [3.63, 3.8) is 0 Å². The van der Waals surface area contributed by atoms with Crippen molar-refractivity contribution in [1.29, 1.82) is 0 Å². The van der Waals surface area contributed by atoms with Gasteiger partial charge in [-0.2, -0.15) is 0 Å². The van der Waals surface area contributed by atoms with Crippen LogP contribution in [0, 0.1) is 0 Å². The molecule has 1 atom stereocenters. The van der Waals surface area contributed by atoms with E-state index in [1.165, 1.54) is 27.8 Å². The third kappa shape index (κ3) is 5.24. The molecule has 27 heavy (non-hydrogen) atoms. The topological polar surface area (TPSA) is 0 Å². The Bertz CT molecular complexity index is 723. The molecular formula is C27H40. The summed E-state index contributed by atoms with van der Waals surface area (Å²) in [4.78, 5) is 0. The Labute approximate surface area is 168 Å². The van der Waals surface area contributed by atoms with Gasteiger partial charge in [0.15, 0.2) is 0 Å². The summed E-state index contributed by atoms with van der Waals surface area (Å²) >= 11 is 0. The van der Waals surface area contributed by atoms with E-state index in [1.54, 1.807) is 0 Å². The van der Waals surface area contributed by atoms with Gasteiger partial charge in [0, 0.05) is 5.92 Å². The molecule has 0 aliphatic heterocycles. The quantitative estimate of drug-likeness (QED) is 0.516. The largest absolute Gasteiger partial charge is 0.0645 e. The molecule has 0 nitrogen and oxygen atoms in total. The first kappa shape index (κ1) is 21.7. The molecule has 2 aromatic carbocycles. The minimum absolute atomic E-state index is 0.157. The molecule has 0 radical (unpaired) electrons. The Hall–Kier alpha value is -1.56. The predicted molar refractivity (Wildman–Crippen MR) is 121 cm³/mol. The van der Waals surface area contributed by atoms with E-state index < -0.39 is 0 Å². The predicted octanol–water partition coefficient (Wildman–Crippen LogP) is 8.12. The highest BCUT2D eigenvalue weighted by Crippen LogP contribution is 2.36. The second-order valence-electron chi connectivity index (χ2n) is 11.2. The van der Waals surface area contributed by atoms with Crippen LogP contribution in [0.5, 0.6) is 0 Å². The number of hydrogen-bond donors (Lipinski definition) is 0. The zero-order valence-electron chi connectivity index (χ0n) is 19.3. The van der Waals surface area contributed by atoms with Gasteiger partial charge in [-0.05, 0) is 50.5 Å². The highest BCUT2D eigenvalue weighted by atomic mass is 14.3. The Morgan fingerprint density at radius 1 is 0.556 bits per heavy atom. The van der Waals surface area contributed by atoms with Crippen LogP contribution in [0.25, 0.3) is 0 Å². The maximum Gasteiger partial charge on any atom is 0.00869 e. The Balaban J connectivity index is 2.56. The SMILES string of the molecule is CCC(c1ccc(C(C)(C)C)cc1)c1cc(C(C)(C)C)cc(C(C)(C)C)c1. The summed E-state index contributed by atoms with van der Waals surface area (Å²) in [5.74, 6) is 0.447. The van der Waals surface area contributed by atoms with Gasteiger partial charge in [0.1, 0.15) is 0 Å². The Morgan fingerprint density at radius 3 is 1.30 bits per heavy atom. The van der Waals surface area contributed by atoms with Gasteiger partial charge in [-0.3, -0.25) is 0 Å². The molecule has 0 spiro atoms. The van der Waals surface area contributed by atoms with Crippen molar-refractivity contribution in [2.75, 3.05) is 0 Å². The molecule has 1 unspecified atom stereocenters. The van der Waals surface area contributed by atoms with E-state index in [4.69, 9.17) is 0 Å². The van der Waals surface area contributed by atoms with Gasteiger partial charge in [-0.1, -0.05) is 112 Å². The normalized spacial score (nSPS) is 14.3. The fourth-order valence-electron chi connectivity index (χ4n) is 3.60. The molecule has 0 N–H and O–H groups in total. The van der Waals surface area contributed by atoms with E-state index in [0.717, 1.165) is 6.42 Å². The van der Waals surface area contributed by atoms with E-state index in [2.05, 4.69) is 112 Å². The molecular weight excluding hydrogens is 324 g/mol. The minimum Gasteiger partial charge on any atom is -0.0645 e. The average Bonchev–Trinajstić information content (AvgIpc) is 2.53. The summed E-state index contributed by atoms with van der Waals surface area (Å²) in [5.41, 5.74) is 7.68. The standard InChI is InChI=1S/C27H40/c1-11-24(19-12-14-21(15-13-19)25(2,3)4)20-16-22(26(5,6)7)18-23(17-20)27(8,9)10/h12-18,24H,11H2,1-10H3. The Morgan fingerprint density at radius 2 is 0.963 bits per heavy atom. The summed E-state index contributed by atoms with van der Waals surface area (Å²) in [5, 5.41) is 0. The first-order chi connectivity index (χ1) is 12.2. The summed E-state index contributed by atoms with van der Waals surface area (Å²) in [6, 6.07) is 16.6. The van der Waals surface area contributed by atoms with Gasteiger partial charge in [-0.15, -0.1) is 0 Å². The molecule has 0 aliphatic carbocycles. The molecule has 148 valence electrons. The van der Waals surface area contributed by atoms with Crippen LogP contribution in [0.2, 0.25) is 0 Å². The lowest BCUT2D eigenvalue weighted by Crippen LogP contribution is -2.18. The van der Waals surface area contributed by atoms with Crippen LogP contribution in [0.4, 0.5) is 0 Å². The third-order valence-corrected chi connectivity index (χ3v) is 5.68. The van der Waals surface area contributed by atoms with Crippen molar-refractivity contribution in [2.45, 2.75) is 97.8 Å². The lowest BCUT2D eigenvalue weighted by Gasteiger charge is -2.28. The molecule has 0 fully saturated rings. The lowest BCUT2D eigenvalue weighted by molar-refractivity contribution is 0.565. The van der Waals surface area contributed by atoms with Crippen molar-refractivity contribution >= 4 is 0 Å². The second-order valence-corrected chi connectivity index (χ2v) is 11.2. The summed E-state index contributed by atoms with van der Waals surface area (Å²) in [6.07, 6.45) is 1.12. The molecule has 2 rings (SSSR count). The minimum atomic E-state index is 0.157. The third-order valence-electron chi connectivity index (χ3n) is 5.68. The molecule has 2 aromatic rings. The fraction of sp³-hybridized carbons (Fsp3) is 0.556. The molecule has 0 aromatic heterocycles. The summed E-state index contributed by atoms with van der Waals surface area (Å²) in [7, 11) is 0. The lowest BCUT2D eigenvalue weighted by atomic mass is 9.76. The van der Waals surface area contributed by atoms with Crippen molar-refractivity contribution in [1.82, 2.24) is 0 Å². The van der Waals surface area contributed by atoms with Gasteiger partial charge in [0.05, 0.1) is 0 Å². The van der Waals surface area contributed by atoms with Crippen molar-refractivity contribution in [3.05, 3.63) is 70.3 Å². The monoisotopic (exact) mass is 364 g/mol. The average molecular weight is 365 g/mol. The second kappa shape index (κ2) is 7.46. The van der Waals surface area contributed by atoms with Crippen LogP contribution in [0.15, 0.2) is 42.5 Å². The van der Waals surface area contributed by atoms with Gasteiger partial charge in [0.2, 0.25) is 0 Å². The van der Waals surface area contributed by atoms with Crippen LogP contribution in [0.3, 0.4) is 0 Å². The van der Waals surface area contributed by atoms with Crippen LogP contribution in [0.1, 0.15) is 109 Å². The first-order valence-electron chi connectivity index (χ1n) is 10.5. The smallest absolute Gasteiger partial charge is 0.00869 e. The maximum absolute atomic E-state index is 2.45. The van der Waals surface area contributed by atoms with Crippen molar-refractivity contribution in [2.24, 2.45) is 0 Å². The molecule has 0 aliphatic rings. The van der Waals surface area contributed by atoms with Crippen molar-refractivity contribution in [3.8, 4) is 0 Å². The van der Waals surface area contributed by atoms with Crippen LogP contribution in [-0.4, -0.2) is 0 Å². The van der Waals surface area contributed by atoms with E-state index in [-0.39, 0.29) is 16.2 Å². The van der Waals surface area contributed by atoms with Gasteiger partial charge in [-0.25, -0.2) is 0 Å². The molecule has 0 bridgehead atoms. The van der Waals surface area contributed by atoms with Crippen LogP contribution in [-0.2, 0) is 16.2 Å². The number of rotatable bonds is 3. The maximum atomic E-state index is 2.45. The van der Waals surface area contributed by atoms with E-state index in [9.17, 15) is 0 Å². The number of hydrogen-bond acceptors (Lipinski definition) is 0. The van der Waals surface area contributed by atoms with Crippen LogP contribution >= 0.6 is 0 Å². The molecule has 0 heteroatoms. The molecule has 0 saturated carbocycles. The Kier molecular flexibility index (Phi) is 6.00. The summed E-state index contributed by atoms with van der Waals surface area (Å²) in [6.45, 7) is 23.0. The molecule has 0 amide bonds. The highest BCUT2D eigenvalue weighted by molar-refractivity contribution is 5.43. The van der Waals surface area contributed by atoms with Gasteiger partial charge >= 0.3 is 0 Å².